The summed E-state index contributed by atoms with van der Waals surface area (Å²) in [6.45, 7) is 7.76. The summed E-state index contributed by atoms with van der Waals surface area (Å²) in [5.74, 6) is -0.122. The van der Waals surface area contributed by atoms with Gasteiger partial charge in [0.25, 0.3) is 0 Å². The number of carbonyl (C=O) groups is 1. The Bertz CT molecular complexity index is 641. The molecule has 0 N–H and O–H groups in total. The first kappa shape index (κ1) is 36.5. The molecule has 0 aliphatic carbocycles. The van der Waals surface area contributed by atoms with E-state index in [1.54, 1.807) is 0 Å². The number of ether oxygens (including phenoxy) is 6. The number of hydrogen-bond donors (Lipinski definition) is 0. The summed E-state index contributed by atoms with van der Waals surface area (Å²) in [4.78, 5) is 11.8. The fourth-order valence-electron chi connectivity index (χ4n) is 4.22. The summed E-state index contributed by atoms with van der Waals surface area (Å²) >= 11 is 0. The highest BCUT2D eigenvalue weighted by Crippen LogP contribution is 2.13. The van der Waals surface area contributed by atoms with E-state index in [0.717, 1.165) is 18.4 Å². The van der Waals surface area contributed by atoms with Gasteiger partial charge >= 0.3 is 5.97 Å². The van der Waals surface area contributed by atoms with Crippen LogP contribution in [0, 0.1) is 0 Å². The molecule has 0 radical (unpaired) electrons. The first-order valence-electron chi connectivity index (χ1n) is 15.9. The van der Waals surface area contributed by atoms with Gasteiger partial charge in [0, 0.05) is 6.42 Å². The van der Waals surface area contributed by atoms with E-state index in [2.05, 4.69) is 6.92 Å². The lowest BCUT2D eigenvalue weighted by molar-refractivity contribution is -0.145. The van der Waals surface area contributed by atoms with Crippen molar-refractivity contribution >= 4 is 5.97 Å². The highest BCUT2D eigenvalue weighted by molar-refractivity contribution is 5.69. The molecule has 7 heteroatoms. The van der Waals surface area contributed by atoms with Crippen molar-refractivity contribution in [1.82, 2.24) is 0 Å². The van der Waals surface area contributed by atoms with Crippen LogP contribution >= 0.6 is 0 Å². The molecule has 0 amide bonds. The molecule has 0 aromatic heterocycles. The smallest absolute Gasteiger partial charge is 0.305 e. The fraction of sp³-hybridized carbons (Fsp3) is 0.788. The van der Waals surface area contributed by atoms with E-state index in [9.17, 15) is 4.79 Å². The second-order valence-corrected chi connectivity index (χ2v) is 10.2. The summed E-state index contributed by atoms with van der Waals surface area (Å²) in [6, 6.07) is 10.1. The van der Waals surface area contributed by atoms with Crippen molar-refractivity contribution in [1.29, 1.82) is 0 Å². The van der Waals surface area contributed by atoms with Crippen LogP contribution in [0.4, 0.5) is 0 Å². The van der Waals surface area contributed by atoms with Gasteiger partial charge in [0.2, 0.25) is 0 Å². The molecule has 1 rings (SSSR count). The van der Waals surface area contributed by atoms with E-state index in [1.807, 2.05) is 30.3 Å². The first-order valence-corrected chi connectivity index (χ1v) is 15.9. The van der Waals surface area contributed by atoms with Crippen molar-refractivity contribution in [3.05, 3.63) is 35.9 Å². The zero-order valence-corrected chi connectivity index (χ0v) is 25.4. The molecule has 1 aromatic carbocycles. The summed E-state index contributed by atoms with van der Waals surface area (Å²) in [5, 5.41) is 0. The topological polar surface area (TPSA) is 72.5 Å². The van der Waals surface area contributed by atoms with E-state index in [1.165, 1.54) is 70.6 Å². The van der Waals surface area contributed by atoms with E-state index in [4.69, 9.17) is 28.4 Å². The molecule has 0 unspecified atom stereocenters. The van der Waals surface area contributed by atoms with E-state index in [-0.39, 0.29) is 5.97 Å². The third-order valence-electron chi connectivity index (χ3n) is 6.57. The predicted molar refractivity (Wildman–Crippen MR) is 161 cm³/mol. The third kappa shape index (κ3) is 26.7. The van der Waals surface area contributed by atoms with E-state index < -0.39 is 0 Å². The number of carbonyl (C=O) groups excluding carboxylic acids is 1. The number of benzene rings is 1. The Kier molecular flexibility index (Phi) is 27.8. The van der Waals surface area contributed by atoms with Crippen molar-refractivity contribution < 1.29 is 33.2 Å². The second kappa shape index (κ2) is 30.4. The molecule has 0 aliphatic heterocycles. The van der Waals surface area contributed by atoms with Gasteiger partial charge in [-0.05, 0) is 12.0 Å². The average Bonchev–Trinajstić information content (AvgIpc) is 2.97. The van der Waals surface area contributed by atoms with E-state index >= 15 is 0 Å². The standard InChI is InChI=1S/C33H58O7/c1-2-3-4-5-6-7-8-9-10-11-12-13-17-20-33(34)40-30-29-38-26-25-36-22-21-35-23-24-37-27-28-39-31-32-18-15-14-16-19-32/h14-16,18-19H,2-13,17,20-31H2,1H3. The Morgan fingerprint density at radius 3 is 1.38 bits per heavy atom. The predicted octanol–water partition coefficient (Wildman–Crippen LogP) is 7.29. The Balaban J connectivity index is 1.68. The monoisotopic (exact) mass is 566 g/mol. The van der Waals surface area contributed by atoms with Crippen molar-refractivity contribution in [3.63, 3.8) is 0 Å². The van der Waals surface area contributed by atoms with Gasteiger partial charge in [-0.3, -0.25) is 4.79 Å². The largest absolute Gasteiger partial charge is 0.463 e. The first-order chi connectivity index (χ1) is 19.8. The van der Waals surface area contributed by atoms with Gasteiger partial charge < -0.3 is 28.4 Å². The molecule has 1 aromatic rings. The van der Waals surface area contributed by atoms with Gasteiger partial charge in [-0.2, -0.15) is 0 Å². The highest BCUT2D eigenvalue weighted by Gasteiger charge is 2.03. The molecule has 0 spiro atoms. The number of esters is 1. The molecular formula is C33H58O7. The van der Waals surface area contributed by atoms with Crippen LogP contribution in [0.25, 0.3) is 0 Å². The molecule has 0 bridgehead atoms. The van der Waals surface area contributed by atoms with Crippen LogP contribution in [0.3, 0.4) is 0 Å². The Morgan fingerprint density at radius 1 is 0.500 bits per heavy atom. The average molecular weight is 567 g/mol. The molecule has 0 atom stereocenters. The fourth-order valence-corrected chi connectivity index (χ4v) is 4.22. The van der Waals surface area contributed by atoms with Crippen LogP contribution in [0.5, 0.6) is 0 Å². The number of rotatable bonds is 31. The van der Waals surface area contributed by atoms with Crippen LogP contribution in [-0.2, 0) is 39.8 Å². The summed E-state index contributed by atoms with van der Waals surface area (Å²) in [5.41, 5.74) is 1.16. The van der Waals surface area contributed by atoms with Crippen LogP contribution < -0.4 is 0 Å². The normalized spacial score (nSPS) is 11.2. The number of unbranched alkanes of at least 4 members (excludes halogenated alkanes) is 12. The SMILES string of the molecule is CCCCCCCCCCCCCCCC(=O)OCCOCCOCCOCCOCCOCc1ccccc1. The Hall–Kier alpha value is -1.51. The van der Waals surface area contributed by atoms with Gasteiger partial charge in [0.1, 0.15) is 6.61 Å². The second-order valence-electron chi connectivity index (χ2n) is 10.2. The zero-order valence-electron chi connectivity index (χ0n) is 25.4. The maximum absolute atomic E-state index is 11.8. The lowest BCUT2D eigenvalue weighted by Gasteiger charge is -2.08. The lowest BCUT2D eigenvalue weighted by atomic mass is 10.0. The zero-order chi connectivity index (χ0) is 28.6. The molecule has 232 valence electrons. The third-order valence-corrected chi connectivity index (χ3v) is 6.57. The Labute approximate surface area is 244 Å². The Morgan fingerprint density at radius 2 is 0.900 bits per heavy atom. The van der Waals surface area contributed by atoms with Crippen molar-refractivity contribution in [2.45, 2.75) is 103 Å². The minimum atomic E-state index is -0.122. The lowest BCUT2D eigenvalue weighted by Crippen LogP contribution is -2.15. The molecule has 7 nitrogen and oxygen atoms in total. The molecule has 0 aliphatic rings. The quantitative estimate of drug-likeness (QED) is 0.0690. The minimum absolute atomic E-state index is 0.122. The minimum Gasteiger partial charge on any atom is -0.463 e. The molecule has 0 saturated heterocycles. The van der Waals surface area contributed by atoms with E-state index in [0.29, 0.717) is 79.1 Å². The van der Waals surface area contributed by atoms with Crippen LogP contribution in [0.1, 0.15) is 102 Å². The maximum atomic E-state index is 11.8. The summed E-state index contributed by atoms with van der Waals surface area (Å²) < 4.78 is 32.7. The molecular weight excluding hydrogens is 508 g/mol. The van der Waals surface area contributed by atoms with Gasteiger partial charge in [-0.25, -0.2) is 0 Å². The highest BCUT2D eigenvalue weighted by atomic mass is 16.6. The van der Waals surface area contributed by atoms with Crippen LogP contribution in [-0.4, -0.2) is 72.0 Å². The maximum Gasteiger partial charge on any atom is 0.305 e. The van der Waals surface area contributed by atoms with Crippen molar-refractivity contribution in [2.24, 2.45) is 0 Å². The van der Waals surface area contributed by atoms with Crippen molar-refractivity contribution in [3.8, 4) is 0 Å². The van der Waals surface area contributed by atoms with Crippen LogP contribution in [0.15, 0.2) is 30.3 Å². The summed E-state index contributed by atoms with van der Waals surface area (Å²) in [6.07, 6.45) is 17.4. The van der Waals surface area contributed by atoms with Gasteiger partial charge in [-0.15, -0.1) is 0 Å². The number of hydrogen-bond acceptors (Lipinski definition) is 7. The molecule has 0 saturated carbocycles. The van der Waals surface area contributed by atoms with Gasteiger partial charge in [-0.1, -0.05) is 114 Å². The molecule has 0 fully saturated rings. The molecule has 0 heterocycles. The van der Waals surface area contributed by atoms with Crippen molar-refractivity contribution in [2.75, 3.05) is 66.1 Å². The molecule has 40 heavy (non-hydrogen) atoms. The summed E-state index contributed by atoms with van der Waals surface area (Å²) in [7, 11) is 0. The van der Waals surface area contributed by atoms with Gasteiger partial charge in [0.05, 0.1) is 66.1 Å². The van der Waals surface area contributed by atoms with Gasteiger partial charge in [0.15, 0.2) is 0 Å². The van der Waals surface area contributed by atoms with Crippen LogP contribution in [0.2, 0.25) is 0 Å².